The van der Waals surface area contributed by atoms with Gasteiger partial charge in [0, 0.05) is 6.42 Å². The van der Waals surface area contributed by atoms with Crippen LogP contribution < -0.4 is 0 Å². The van der Waals surface area contributed by atoms with Crippen LogP contribution in [-0.2, 0) is 4.79 Å². The van der Waals surface area contributed by atoms with Gasteiger partial charge in [-0.2, -0.15) is 0 Å². The molecule has 2 N–H and O–H groups in total. The van der Waals surface area contributed by atoms with Gasteiger partial charge >= 0.3 is 5.97 Å². The van der Waals surface area contributed by atoms with Crippen molar-refractivity contribution >= 4 is 5.97 Å². The molecule has 0 amide bonds. The summed E-state index contributed by atoms with van der Waals surface area (Å²) in [5, 5.41) is 19.3. The quantitative estimate of drug-likeness (QED) is 0.357. The second-order valence-corrected chi connectivity index (χ2v) is 6.70. The third kappa shape index (κ3) is 10.2. The number of quaternary nitrogens is 1. The third-order valence-electron chi connectivity index (χ3n) is 4.41. The number of aliphatic hydroxyl groups is 1. The fourth-order valence-electron chi connectivity index (χ4n) is 3.47. The van der Waals surface area contributed by atoms with Crippen molar-refractivity contribution in [1.82, 2.24) is 0 Å². The lowest BCUT2D eigenvalue weighted by molar-refractivity contribution is -0.931. The fraction of sp³-hybridized carbons (Fsp3) is 0.944. The molecule has 4 nitrogen and oxygen atoms in total. The number of nitrogens with zero attached hydrogens (tertiary/aromatic N) is 1. The summed E-state index contributed by atoms with van der Waals surface area (Å²) in [7, 11) is 0. The third-order valence-corrected chi connectivity index (χ3v) is 4.41. The van der Waals surface area contributed by atoms with Crippen molar-refractivity contribution in [2.45, 2.75) is 84.7 Å². The maximum absolute atomic E-state index is 10.8. The van der Waals surface area contributed by atoms with E-state index in [2.05, 4.69) is 20.8 Å². The molecule has 0 bridgehead atoms. The molecule has 0 spiro atoms. The topological polar surface area (TPSA) is 57.5 Å². The van der Waals surface area contributed by atoms with Crippen molar-refractivity contribution in [3.05, 3.63) is 0 Å². The van der Waals surface area contributed by atoms with Gasteiger partial charge in [0.1, 0.15) is 12.6 Å². The van der Waals surface area contributed by atoms with Gasteiger partial charge in [-0.1, -0.05) is 46.5 Å². The lowest BCUT2D eigenvalue weighted by atomic mass is 10.1. The molecule has 0 heterocycles. The monoisotopic (exact) mass is 316 g/mol. The Bertz CT molecular complexity index is 276. The molecule has 1 atom stereocenters. The Labute approximate surface area is 137 Å². The summed E-state index contributed by atoms with van der Waals surface area (Å²) in [6.45, 7) is 10.3. The minimum absolute atomic E-state index is 0.236. The predicted octanol–water partition coefficient (Wildman–Crippen LogP) is 3.82. The van der Waals surface area contributed by atoms with Crippen LogP contribution in [0.2, 0.25) is 0 Å². The average Bonchev–Trinajstić information content (AvgIpc) is 2.44. The van der Waals surface area contributed by atoms with Crippen LogP contribution in [-0.4, -0.2) is 52.9 Å². The molecule has 0 radical (unpaired) electrons. The van der Waals surface area contributed by atoms with Gasteiger partial charge in [-0.3, -0.25) is 4.79 Å². The molecular formula is C18H38NO3+. The van der Waals surface area contributed by atoms with Crippen molar-refractivity contribution in [1.29, 1.82) is 0 Å². The highest BCUT2D eigenvalue weighted by molar-refractivity contribution is 5.66. The summed E-state index contributed by atoms with van der Waals surface area (Å²) in [5.74, 6) is -0.716. The van der Waals surface area contributed by atoms with E-state index in [1.165, 1.54) is 19.3 Å². The molecule has 22 heavy (non-hydrogen) atoms. The van der Waals surface area contributed by atoms with Gasteiger partial charge in [0.25, 0.3) is 0 Å². The number of carbonyl (C=O) groups is 1. The zero-order chi connectivity index (χ0) is 16.8. The zero-order valence-electron chi connectivity index (χ0n) is 15.0. The van der Waals surface area contributed by atoms with Crippen LogP contribution in [0, 0.1) is 0 Å². The molecule has 0 aliphatic heterocycles. The van der Waals surface area contributed by atoms with Gasteiger partial charge in [-0.15, -0.1) is 0 Å². The Morgan fingerprint density at radius 2 is 1.55 bits per heavy atom. The maximum atomic E-state index is 10.8. The van der Waals surface area contributed by atoms with Crippen molar-refractivity contribution in [3.8, 4) is 0 Å². The van der Waals surface area contributed by atoms with Crippen molar-refractivity contribution in [2.75, 3.05) is 26.2 Å². The number of hydrogen-bond donors (Lipinski definition) is 2. The van der Waals surface area contributed by atoms with Crippen LogP contribution in [0.25, 0.3) is 0 Å². The maximum Gasteiger partial charge on any atom is 0.303 e. The average molecular weight is 317 g/mol. The van der Waals surface area contributed by atoms with Gasteiger partial charge < -0.3 is 14.7 Å². The SMILES string of the molecule is CCCCCCC(O)C[N+](CCC)(CCC)CCCC(=O)O. The van der Waals surface area contributed by atoms with E-state index in [0.717, 1.165) is 56.3 Å². The summed E-state index contributed by atoms with van der Waals surface area (Å²) in [6.07, 6.45) is 8.50. The molecule has 0 aliphatic carbocycles. The van der Waals surface area contributed by atoms with E-state index in [1.54, 1.807) is 0 Å². The molecular weight excluding hydrogens is 278 g/mol. The highest BCUT2D eigenvalue weighted by Gasteiger charge is 2.28. The number of rotatable bonds is 15. The van der Waals surface area contributed by atoms with Gasteiger partial charge in [-0.05, 0) is 19.3 Å². The van der Waals surface area contributed by atoms with Gasteiger partial charge in [0.05, 0.1) is 26.1 Å². The molecule has 0 aromatic carbocycles. The van der Waals surface area contributed by atoms with Crippen LogP contribution in [0.3, 0.4) is 0 Å². The number of aliphatic carboxylic acids is 1. The van der Waals surface area contributed by atoms with Gasteiger partial charge in [0.15, 0.2) is 0 Å². The summed E-state index contributed by atoms with van der Waals surface area (Å²) >= 11 is 0. The van der Waals surface area contributed by atoms with E-state index in [-0.39, 0.29) is 12.5 Å². The molecule has 0 aromatic heterocycles. The number of hydrogen-bond acceptors (Lipinski definition) is 2. The van der Waals surface area contributed by atoms with E-state index in [4.69, 9.17) is 5.11 Å². The van der Waals surface area contributed by atoms with Crippen LogP contribution in [0.4, 0.5) is 0 Å². The Morgan fingerprint density at radius 1 is 0.909 bits per heavy atom. The first-order valence-electron chi connectivity index (χ1n) is 9.24. The first-order valence-corrected chi connectivity index (χ1v) is 9.24. The van der Waals surface area contributed by atoms with Crippen molar-refractivity contribution in [2.24, 2.45) is 0 Å². The normalized spacial score (nSPS) is 13.3. The number of carboxylic acids is 1. The van der Waals surface area contributed by atoms with E-state index in [0.29, 0.717) is 6.42 Å². The largest absolute Gasteiger partial charge is 0.481 e. The first kappa shape index (κ1) is 21.4. The van der Waals surface area contributed by atoms with Gasteiger partial charge in [-0.25, -0.2) is 0 Å². The standard InChI is InChI=1S/C18H37NO3/c1-4-7-8-9-11-17(20)16-19(13-5-2,14-6-3)15-10-12-18(21)22/h17,20H,4-16H2,1-3H3/p+1. The molecule has 0 fully saturated rings. The molecule has 0 saturated carbocycles. The number of carboxylic acid groups (broad SMARTS) is 1. The summed E-state index contributed by atoms with van der Waals surface area (Å²) < 4.78 is 0.884. The minimum atomic E-state index is -0.716. The van der Waals surface area contributed by atoms with E-state index >= 15 is 0 Å². The van der Waals surface area contributed by atoms with Crippen LogP contribution in [0.1, 0.15) is 78.6 Å². The second kappa shape index (κ2) is 12.9. The summed E-state index contributed by atoms with van der Waals surface area (Å²) in [6, 6.07) is 0. The highest BCUT2D eigenvalue weighted by Crippen LogP contribution is 2.17. The molecule has 0 aliphatic rings. The Hall–Kier alpha value is -0.610. The summed E-state index contributed by atoms with van der Waals surface area (Å²) in [4.78, 5) is 10.8. The molecule has 0 aromatic rings. The van der Waals surface area contributed by atoms with Crippen molar-refractivity contribution < 1.29 is 19.5 Å². The number of aliphatic hydroxyl groups excluding tert-OH is 1. The van der Waals surface area contributed by atoms with E-state index in [1.807, 2.05) is 0 Å². The Balaban J connectivity index is 4.49. The Morgan fingerprint density at radius 3 is 2.05 bits per heavy atom. The van der Waals surface area contributed by atoms with Crippen LogP contribution in [0.5, 0.6) is 0 Å². The molecule has 0 rings (SSSR count). The lowest BCUT2D eigenvalue weighted by Gasteiger charge is -2.40. The molecule has 4 heteroatoms. The van der Waals surface area contributed by atoms with Gasteiger partial charge in [0.2, 0.25) is 0 Å². The molecule has 1 unspecified atom stereocenters. The molecule has 0 saturated heterocycles. The van der Waals surface area contributed by atoms with Crippen molar-refractivity contribution in [3.63, 3.8) is 0 Å². The number of unbranched alkanes of at least 4 members (excludes halogenated alkanes) is 3. The molecule has 132 valence electrons. The highest BCUT2D eigenvalue weighted by atomic mass is 16.4. The fourth-order valence-corrected chi connectivity index (χ4v) is 3.47. The van der Waals surface area contributed by atoms with E-state index < -0.39 is 5.97 Å². The minimum Gasteiger partial charge on any atom is -0.481 e. The van der Waals surface area contributed by atoms with E-state index in [9.17, 15) is 9.90 Å². The second-order valence-electron chi connectivity index (χ2n) is 6.70. The Kier molecular flexibility index (Phi) is 12.5. The zero-order valence-corrected chi connectivity index (χ0v) is 15.0. The smallest absolute Gasteiger partial charge is 0.303 e. The van der Waals surface area contributed by atoms with Crippen LogP contribution in [0.15, 0.2) is 0 Å². The first-order chi connectivity index (χ1) is 10.5. The van der Waals surface area contributed by atoms with Crippen LogP contribution >= 0.6 is 0 Å². The summed E-state index contributed by atoms with van der Waals surface area (Å²) in [5.41, 5.74) is 0. The lowest BCUT2D eigenvalue weighted by Crippen LogP contribution is -2.53. The predicted molar refractivity (Wildman–Crippen MR) is 91.9 cm³/mol.